The normalized spacial score (nSPS) is 31.1. The first-order valence-electron chi connectivity index (χ1n) is 5.55. The van der Waals surface area contributed by atoms with Gasteiger partial charge in [-0.25, -0.2) is 4.79 Å². The van der Waals surface area contributed by atoms with Gasteiger partial charge in [-0.2, -0.15) is 0 Å². The van der Waals surface area contributed by atoms with Crippen molar-refractivity contribution in [2.75, 3.05) is 0 Å². The lowest BCUT2D eigenvalue weighted by atomic mass is 9.88. The Balaban J connectivity index is 2.29. The van der Waals surface area contributed by atoms with Crippen molar-refractivity contribution in [1.29, 1.82) is 0 Å². The molecule has 0 radical (unpaired) electrons. The Bertz CT molecular complexity index is 205. The van der Waals surface area contributed by atoms with Crippen LogP contribution in [0.5, 0.6) is 0 Å². The summed E-state index contributed by atoms with van der Waals surface area (Å²) in [6.07, 6.45) is 6.15. The molecular weight excluding hydrogens is 200 g/mol. The van der Waals surface area contributed by atoms with Crippen LogP contribution < -0.4 is 0 Å². The summed E-state index contributed by atoms with van der Waals surface area (Å²) in [5, 5.41) is 0. The van der Waals surface area contributed by atoms with Gasteiger partial charge in [-0.1, -0.05) is 39.5 Å². The van der Waals surface area contributed by atoms with Crippen LogP contribution in [0.2, 0.25) is 0 Å². The first kappa shape index (κ1) is 11.8. The van der Waals surface area contributed by atoms with Gasteiger partial charge in [0, 0.05) is 0 Å². The minimum absolute atomic E-state index is 0.0571. The van der Waals surface area contributed by atoms with Crippen molar-refractivity contribution >= 4 is 17.6 Å². The summed E-state index contributed by atoms with van der Waals surface area (Å²) in [6, 6.07) is 0. The van der Waals surface area contributed by atoms with E-state index in [1.165, 1.54) is 12.8 Å². The molecule has 0 aromatic rings. The van der Waals surface area contributed by atoms with E-state index in [0.717, 1.165) is 25.7 Å². The van der Waals surface area contributed by atoms with E-state index in [2.05, 4.69) is 6.92 Å². The van der Waals surface area contributed by atoms with E-state index in [9.17, 15) is 4.79 Å². The molecule has 0 saturated carbocycles. The van der Waals surface area contributed by atoms with E-state index in [1.807, 2.05) is 6.92 Å². The number of hydrogen-bond donors (Lipinski definition) is 0. The van der Waals surface area contributed by atoms with Crippen LogP contribution in [-0.4, -0.2) is 16.9 Å². The highest BCUT2D eigenvalue weighted by molar-refractivity contribution is 6.36. The number of carbonyl (C=O) groups is 1. The SMILES string of the molecule is CCCCCCC1(Cl)C(=O)OC1CC. The first-order valence-corrected chi connectivity index (χ1v) is 5.93. The fourth-order valence-corrected chi connectivity index (χ4v) is 2.25. The minimum Gasteiger partial charge on any atom is -0.458 e. The zero-order chi connectivity index (χ0) is 10.6. The van der Waals surface area contributed by atoms with Gasteiger partial charge in [0.05, 0.1) is 0 Å². The van der Waals surface area contributed by atoms with Crippen molar-refractivity contribution < 1.29 is 9.53 Å². The van der Waals surface area contributed by atoms with Gasteiger partial charge >= 0.3 is 5.97 Å². The molecule has 1 aliphatic rings. The number of ether oxygens (including phenoxy) is 1. The molecule has 14 heavy (non-hydrogen) atoms. The monoisotopic (exact) mass is 218 g/mol. The highest BCUT2D eigenvalue weighted by atomic mass is 35.5. The van der Waals surface area contributed by atoms with Crippen molar-refractivity contribution in [2.24, 2.45) is 0 Å². The van der Waals surface area contributed by atoms with Crippen LogP contribution in [0.25, 0.3) is 0 Å². The van der Waals surface area contributed by atoms with Gasteiger partial charge in [0.2, 0.25) is 0 Å². The second-order valence-electron chi connectivity index (χ2n) is 3.98. The molecule has 0 bridgehead atoms. The summed E-state index contributed by atoms with van der Waals surface area (Å²) in [6.45, 7) is 4.17. The Morgan fingerprint density at radius 2 is 2.07 bits per heavy atom. The van der Waals surface area contributed by atoms with Crippen molar-refractivity contribution in [1.82, 2.24) is 0 Å². The maximum atomic E-state index is 11.2. The Labute approximate surface area is 91.0 Å². The van der Waals surface area contributed by atoms with Gasteiger partial charge in [0.25, 0.3) is 0 Å². The molecule has 0 N–H and O–H groups in total. The number of hydrogen-bond acceptors (Lipinski definition) is 2. The van der Waals surface area contributed by atoms with E-state index < -0.39 is 4.87 Å². The van der Waals surface area contributed by atoms with Gasteiger partial charge in [-0.15, -0.1) is 11.6 Å². The van der Waals surface area contributed by atoms with Crippen LogP contribution in [0.1, 0.15) is 52.4 Å². The van der Waals surface area contributed by atoms with Crippen LogP contribution in [0.15, 0.2) is 0 Å². The summed E-state index contributed by atoms with van der Waals surface area (Å²) in [5.74, 6) is -0.220. The van der Waals surface area contributed by atoms with Crippen LogP contribution in [0.4, 0.5) is 0 Å². The molecular formula is C11H19ClO2. The number of carbonyl (C=O) groups excluding carboxylic acids is 1. The Morgan fingerprint density at radius 3 is 2.57 bits per heavy atom. The van der Waals surface area contributed by atoms with Gasteiger partial charge < -0.3 is 4.74 Å². The predicted molar refractivity (Wildman–Crippen MR) is 57.5 cm³/mol. The van der Waals surface area contributed by atoms with Gasteiger partial charge in [0.1, 0.15) is 6.10 Å². The van der Waals surface area contributed by atoms with Gasteiger partial charge in [-0.05, 0) is 12.8 Å². The van der Waals surface area contributed by atoms with Crippen LogP contribution in [0.3, 0.4) is 0 Å². The number of rotatable bonds is 6. The fraction of sp³-hybridized carbons (Fsp3) is 0.909. The van der Waals surface area contributed by atoms with Crippen molar-refractivity contribution in [2.45, 2.75) is 63.4 Å². The Hall–Kier alpha value is -0.240. The lowest BCUT2D eigenvalue weighted by Crippen LogP contribution is -2.58. The van der Waals surface area contributed by atoms with Crippen LogP contribution in [-0.2, 0) is 9.53 Å². The second-order valence-corrected chi connectivity index (χ2v) is 4.65. The summed E-state index contributed by atoms with van der Waals surface area (Å²) in [4.78, 5) is 10.5. The quantitative estimate of drug-likeness (QED) is 0.389. The fourth-order valence-electron chi connectivity index (χ4n) is 1.87. The Morgan fingerprint density at radius 1 is 1.36 bits per heavy atom. The van der Waals surface area contributed by atoms with E-state index in [0.29, 0.717) is 0 Å². The summed E-state index contributed by atoms with van der Waals surface area (Å²) in [5.41, 5.74) is 0. The standard InChI is InChI=1S/C11H19ClO2/c1-3-5-6-7-8-11(12)9(4-2)14-10(11)13/h9H,3-8H2,1-2H3. The largest absolute Gasteiger partial charge is 0.458 e. The topological polar surface area (TPSA) is 26.3 Å². The summed E-state index contributed by atoms with van der Waals surface area (Å²) < 4.78 is 4.99. The minimum atomic E-state index is -0.692. The van der Waals surface area contributed by atoms with Crippen molar-refractivity contribution in [3.8, 4) is 0 Å². The zero-order valence-electron chi connectivity index (χ0n) is 9.01. The van der Waals surface area contributed by atoms with Crippen LogP contribution in [0, 0.1) is 0 Å². The van der Waals surface area contributed by atoms with Crippen molar-refractivity contribution in [3.05, 3.63) is 0 Å². The molecule has 1 aliphatic heterocycles. The molecule has 82 valence electrons. The molecule has 3 heteroatoms. The first-order chi connectivity index (χ1) is 6.65. The maximum absolute atomic E-state index is 11.2. The third-order valence-electron chi connectivity index (χ3n) is 2.86. The highest BCUT2D eigenvalue weighted by Crippen LogP contribution is 2.40. The molecule has 1 saturated heterocycles. The second kappa shape index (κ2) is 5.01. The molecule has 0 spiro atoms. The average molecular weight is 219 g/mol. The Kier molecular flexibility index (Phi) is 4.24. The van der Waals surface area contributed by atoms with E-state index in [4.69, 9.17) is 16.3 Å². The number of alkyl halides is 1. The molecule has 2 atom stereocenters. The number of cyclic esters (lactones) is 1. The lowest BCUT2D eigenvalue weighted by Gasteiger charge is -2.42. The van der Waals surface area contributed by atoms with E-state index in [-0.39, 0.29) is 12.1 Å². The number of esters is 1. The predicted octanol–water partition coefficient (Wildman–Crippen LogP) is 3.27. The van der Waals surface area contributed by atoms with E-state index >= 15 is 0 Å². The number of halogens is 1. The van der Waals surface area contributed by atoms with Gasteiger partial charge in [-0.3, -0.25) is 0 Å². The smallest absolute Gasteiger partial charge is 0.331 e. The van der Waals surface area contributed by atoms with Crippen molar-refractivity contribution in [3.63, 3.8) is 0 Å². The zero-order valence-corrected chi connectivity index (χ0v) is 9.77. The summed E-state index contributed by atoms with van der Waals surface area (Å²) >= 11 is 6.23. The molecule has 2 nitrogen and oxygen atoms in total. The third kappa shape index (κ3) is 2.22. The van der Waals surface area contributed by atoms with Crippen LogP contribution >= 0.6 is 11.6 Å². The maximum Gasteiger partial charge on any atom is 0.331 e. The molecule has 0 aliphatic carbocycles. The molecule has 0 amide bonds. The average Bonchev–Trinajstić information content (AvgIpc) is 2.20. The molecule has 0 aromatic carbocycles. The van der Waals surface area contributed by atoms with Gasteiger partial charge in [0.15, 0.2) is 4.87 Å². The lowest BCUT2D eigenvalue weighted by molar-refractivity contribution is -0.180. The molecule has 1 rings (SSSR count). The molecule has 1 fully saturated rings. The van der Waals surface area contributed by atoms with E-state index in [1.54, 1.807) is 0 Å². The summed E-state index contributed by atoms with van der Waals surface area (Å²) in [7, 11) is 0. The molecule has 0 aromatic heterocycles. The third-order valence-corrected chi connectivity index (χ3v) is 3.45. The molecule has 2 unspecified atom stereocenters. The highest BCUT2D eigenvalue weighted by Gasteiger charge is 2.55. The molecule has 1 heterocycles. The number of unbranched alkanes of at least 4 members (excludes halogenated alkanes) is 3.